The Morgan fingerprint density at radius 3 is 2.54 bits per heavy atom. The van der Waals surface area contributed by atoms with Crippen LogP contribution in [-0.2, 0) is 13.1 Å². The number of carbonyl (C=O) groups excluding carboxylic acids is 1. The van der Waals surface area contributed by atoms with Gasteiger partial charge in [0.25, 0.3) is 5.91 Å². The molecule has 28 heavy (non-hydrogen) atoms. The van der Waals surface area contributed by atoms with Gasteiger partial charge < -0.3 is 14.6 Å². The molecule has 3 aromatic rings. The zero-order valence-corrected chi connectivity index (χ0v) is 16.3. The second kappa shape index (κ2) is 7.90. The second-order valence-electron chi connectivity index (χ2n) is 7.15. The lowest BCUT2D eigenvalue weighted by atomic mass is 10.1. The molecule has 0 saturated heterocycles. The fourth-order valence-corrected chi connectivity index (χ4v) is 3.72. The number of fused-ring (bicyclic) bond motifs is 1. The van der Waals surface area contributed by atoms with Gasteiger partial charge in [0.05, 0.1) is 7.11 Å². The summed E-state index contributed by atoms with van der Waals surface area (Å²) >= 11 is 0. The van der Waals surface area contributed by atoms with Crippen molar-refractivity contribution in [3.63, 3.8) is 0 Å². The van der Waals surface area contributed by atoms with Crippen LogP contribution < -0.4 is 10.1 Å². The summed E-state index contributed by atoms with van der Waals surface area (Å²) in [4.78, 5) is 14.9. The average Bonchev–Trinajstić information content (AvgIpc) is 3.21. The highest BCUT2D eigenvalue weighted by molar-refractivity contribution is 6.04. The molecule has 1 amide bonds. The molecule has 5 heteroatoms. The van der Waals surface area contributed by atoms with Crippen LogP contribution in [0.5, 0.6) is 5.75 Å². The first-order valence-electron chi connectivity index (χ1n) is 9.57. The Morgan fingerprint density at radius 1 is 1.07 bits per heavy atom. The van der Waals surface area contributed by atoms with Gasteiger partial charge in [0.1, 0.15) is 5.75 Å². The van der Waals surface area contributed by atoms with E-state index in [-0.39, 0.29) is 5.91 Å². The molecule has 0 fully saturated rings. The van der Waals surface area contributed by atoms with Crippen molar-refractivity contribution < 1.29 is 9.53 Å². The van der Waals surface area contributed by atoms with Crippen LogP contribution in [0.15, 0.2) is 66.9 Å². The van der Waals surface area contributed by atoms with Crippen LogP contribution in [0.1, 0.15) is 34.6 Å². The van der Waals surface area contributed by atoms with Crippen molar-refractivity contribution in [3.8, 4) is 5.75 Å². The standard InChI is InChI=1S/C23H25N3O2/c1-17-22-4-3-13-25(22)14-15-26(17)16-18-5-7-19(8-6-18)23(27)24-20-9-11-21(28-2)12-10-20/h3-13,17H,14-16H2,1-2H3,(H,24,27)/t17-/m1/s1. The number of rotatable bonds is 5. The molecule has 2 aromatic carbocycles. The Labute approximate surface area is 165 Å². The number of hydrogen-bond donors (Lipinski definition) is 1. The largest absolute Gasteiger partial charge is 0.497 e. The van der Waals surface area contributed by atoms with Gasteiger partial charge >= 0.3 is 0 Å². The van der Waals surface area contributed by atoms with E-state index in [0.29, 0.717) is 11.6 Å². The van der Waals surface area contributed by atoms with Crippen molar-refractivity contribution in [2.45, 2.75) is 26.1 Å². The van der Waals surface area contributed by atoms with Gasteiger partial charge in [-0.15, -0.1) is 0 Å². The van der Waals surface area contributed by atoms with Gasteiger partial charge in [0.2, 0.25) is 0 Å². The molecule has 0 bridgehead atoms. The van der Waals surface area contributed by atoms with Crippen LogP contribution in [0.3, 0.4) is 0 Å². The summed E-state index contributed by atoms with van der Waals surface area (Å²) in [5.41, 5.74) is 3.98. The molecule has 0 aliphatic carbocycles. The van der Waals surface area contributed by atoms with E-state index in [1.165, 1.54) is 11.3 Å². The predicted molar refractivity (Wildman–Crippen MR) is 111 cm³/mol. The van der Waals surface area contributed by atoms with E-state index < -0.39 is 0 Å². The van der Waals surface area contributed by atoms with Crippen LogP contribution in [0.25, 0.3) is 0 Å². The summed E-state index contributed by atoms with van der Waals surface area (Å²) in [5.74, 6) is 0.655. The number of benzene rings is 2. The molecule has 2 heterocycles. The fraction of sp³-hybridized carbons (Fsp3) is 0.261. The normalized spacial score (nSPS) is 16.4. The van der Waals surface area contributed by atoms with E-state index in [2.05, 4.69) is 40.0 Å². The van der Waals surface area contributed by atoms with E-state index in [4.69, 9.17) is 4.74 Å². The number of ether oxygens (including phenoxy) is 1. The quantitative estimate of drug-likeness (QED) is 0.722. The van der Waals surface area contributed by atoms with Crippen LogP contribution in [0, 0.1) is 0 Å². The average molecular weight is 375 g/mol. The lowest BCUT2D eigenvalue weighted by molar-refractivity contribution is 0.102. The second-order valence-corrected chi connectivity index (χ2v) is 7.15. The summed E-state index contributed by atoms with van der Waals surface area (Å²) in [7, 11) is 1.62. The fourth-order valence-electron chi connectivity index (χ4n) is 3.72. The third-order valence-electron chi connectivity index (χ3n) is 5.42. The molecule has 0 spiro atoms. The topological polar surface area (TPSA) is 46.5 Å². The van der Waals surface area contributed by atoms with Crippen molar-refractivity contribution in [1.29, 1.82) is 0 Å². The van der Waals surface area contributed by atoms with E-state index >= 15 is 0 Å². The number of methoxy groups -OCH3 is 1. The first-order valence-corrected chi connectivity index (χ1v) is 9.57. The smallest absolute Gasteiger partial charge is 0.255 e. The van der Waals surface area contributed by atoms with E-state index in [0.717, 1.165) is 31.1 Å². The van der Waals surface area contributed by atoms with Crippen LogP contribution >= 0.6 is 0 Å². The molecule has 1 atom stereocenters. The number of nitrogens with one attached hydrogen (secondary N) is 1. The number of anilines is 1. The summed E-state index contributed by atoms with van der Waals surface area (Å²) in [6, 6.07) is 19.9. The zero-order chi connectivity index (χ0) is 19.5. The van der Waals surface area contributed by atoms with Gasteiger partial charge in [-0.1, -0.05) is 12.1 Å². The van der Waals surface area contributed by atoms with Crippen molar-refractivity contribution >= 4 is 11.6 Å². The molecular weight excluding hydrogens is 350 g/mol. The first-order chi connectivity index (χ1) is 13.6. The van der Waals surface area contributed by atoms with Gasteiger partial charge in [-0.25, -0.2) is 0 Å². The minimum absolute atomic E-state index is 0.110. The van der Waals surface area contributed by atoms with Crippen LogP contribution in [0.4, 0.5) is 5.69 Å². The van der Waals surface area contributed by atoms with Gasteiger partial charge in [-0.05, 0) is 61.0 Å². The van der Waals surface area contributed by atoms with Gasteiger partial charge in [-0.3, -0.25) is 9.69 Å². The zero-order valence-electron chi connectivity index (χ0n) is 16.3. The number of aromatic nitrogens is 1. The first kappa shape index (κ1) is 18.3. The monoisotopic (exact) mass is 375 g/mol. The summed E-state index contributed by atoms with van der Waals surface area (Å²) < 4.78 is 7.47. The maximum absolute atomic E-state index is 12.5. The molecule has 1 aromatic heterocycles. The lowest BCUT2D eigenvalue weighted by Gasteiger charge is -2.34. The third-order valence-corrected chi connectivity index (χ3v) is 5.42. The Bertz CT molecular complexity index is 945. The summed E-state index contributed by atoms with van der Waals surface area (Å²) in [6.45, 7) is 5.19. The number of carbonyl (C=O) groups is 1. The number of hydrogen-bond acceptors (Lipinski definition) is 3. The molecule has 0 saturated carbocycles. The van der Waals surface area contributed by atoms with Crippen molar-refractivity contribution in [1.82, 2.24) is 9.47 Å². The highest BCUT2D eigenvalue weighted by Gasteiger charge is 2.23. The molecule has 5 nitrogen and oxygen atoms in total. The Balaban J connectivity index is 1.39. The van der Waals surface area contributed by atoms with Crippen LogP contribution in [-0.4, -0.2) is 29.0 Å². The molecule has 144 valence electrons. The molecule has 1 aliphatic rings. The maximum atomic E-state index is 12.5. The molecular formula is C23H25N3O2. The highest BCUT2D eigenvalue weighted by atomic mass is 16.5. The van der Waals surface area contributed by atoms with Crippen molar-refractivity contribution in [2.24, 2.45) is 0 Å². The Morgan fingerprint density at radius 2 is 1.82 bits per heavy atom. The van der Waals surface area contributed by atoms with Gasteiger partial charge in [0.15, 0.2) is 0 Å². The lowest BCUT2D eigenvalue weighted by Crippen LogP contribution is -2.35. The van der Waals surface area contributed by atoms with E-state index in [1.807, 2.05) is 48.5 Å². The number of amides is 1. The Hall–Kier alpha value is -3.05. The minimum atomic E-state index is -0.110. The number of nitrogens with zero attached hydrogens (tertiary/aromatic N) is 2. The van der Waals surface area contributed by atoms with Gasteiger partial charge in [-0.2, -0.15) is 0 Å². The van der Waals surface area contributed by atoms with Crippen molar-refractivity contribution in [2.75, 3.05) is 19.0 Å². The van der Waals surface area contributed by atoms with E-state index in [9.17, 15) is 4.79 Å². The molecule has 1 N–H and O–H groups in total. The SMILES string of the molecule is COc1ccc(NC(=O)c2ccc(CN3CCn4cccc4[C@H]3C)cc2)cc1. The minimum Gasteiger partial charge on any atom is -0.497 e. The molecule has 0 unspecified atom stereocenters. The van der Waals surface area contributed by atoms with Crippen molar-refractivity contribution in [3.05, 3.63) is 83.7 Å². The predicted octanol–water partition coefficient (Wildman–Crippen LogP) is 4.33. The van der Waals surface area contributed by atoms with Gasteiger partial charge in [0, 0.05) is 48.8 Å². The van der Waals surface area contributed by atoms with Crippen LogP contribution in [0.2, 0.25) is 0 Å². The summed E-state index contributed by atoms with van der Waals surface area (Å²) in [5, 5.41) is 2.92. The Kier molecular flexibility index (Phi) is 5.17. The molecule has 0 radical (unpaired) electrons. The third kappa shape index (κ3) is 3.80. The maximum Gasteiger partial charge on any atom is 0.255 e. The highest BCUT2D eigenvalue weighted by Crippen LogP contribution is 2.27. The van der Waals surface area contributed by atoms with E-state index in [1.54, 1.807) is 7.11 Å². The molecule has 1 aliphatic heterocycles. The molecule has 4 rings (SSSR count). The summed E-state index contributed by atoms with van der Waals surface area (Å²) in [6.07, 6.45) is 2.15.